The lowest BCUT2D eigenvalue weighted by Crippen LogP contribution is -1.85. The van der Waals surface area contributed by atoms with Gasteiger partial charge in [-0.2, -0.15) is 0 Å². The number of carbonyl (C=O) groups is 1. The van der Waals surface area contributed by atoms with E-state index in [1.807, 2.05) is 6.08 Å². The maximum Gasteiger partial charge on any atom is 0.133 e. The van der Waals surface area contributed by atoms with Crippen LogP contribution in [0, 0.1) is 0 Å². The Morgan fingerprint density at radius 1 is 0.467 bits per heavy atom. The van der Waals surface area contributed by atoms with E-state index in [1.54, 1.807) is 6.92 Å². The van der Waals surface area contributed by atoms with E-state index in [0.29, 0.717) is 6.42 Å². The molecule has 0 unspecified atom stereocenters. The van der Waals surface area contributed by atoms with Gasteiger partial charge in [0, 0.05) is 6.42 Å². The van der Waals surface area contributed by atoms with Gasteiger partial charge in [0.25, 0.3) is 0 Å². The molecular weight excluding hydrogens is 364 g/mol. The van der Waals surface area contributed by atoms with Gasteiger partial charge in [-0.15, -0.1) is 0 Å². The number of Topliss-reactive ketones (excluding diaryl/α,β-unsaturated/α-hetero) is 1. The van der Waals surface area contributed by atoms with E-state index in [-0.39, 0.29) is 5.78 Å². The zero-order chi connectivity index (χ0) is 22.0. The van der Waals surface area contributed by atoms with Gasteiger partial charge in [0.2, 0.25) is 0 Å². The summed E-state index contributed by atoms with van der Waals surface area (Å²) in [5.74, 6) is 0.264. The summed E-state index contributed by atoms with van der Waals surface area (Å²) in [6.45, 7) is 3.95. The first kappa shape index (κ1) is 29.4. The predicted octanol–water partition coefficient (Wildman–Crippen LogP) is 10.5. The number of unbranched alkanes of at least 4 members (excludes halogenated alkanes) is 22. The second-order valence-electron chi connectivity index (χ2n) is 9.59. The minimum atomic E-state index is 0.264. The standard InChI is InChI=1S/C29H56O/c1-3-4-5-6-7-8-9-10-11-12-13-14-15-16-17-18-19-20-21-22-23-24-25-26-27-28-29(2)30/h26-27H,3-25,28H2,1-2H3/b27-26+. The molecule has 0 rings (SSSR count). The molecule has 0 aromatic heterocycles. The Labute approximate surface area is 190 Å². The monoisotopic (exact) mass is 420 g/mol. The van der Waals surface area contributed by atoms with Crippen molar-refractivity contribution in [1.82, 2.24) is 0 Å². The maximum absolute atomic E-state index is 10.8. The van der Waals surface area contributed by atoms with Crippen LogP contribution < -0.4 is 0 Å². The molecule has 0 saturated heterocycles. The Bertz CT molecular complexity index is 357. The largest absolute Gasteiger partial charge is 0.300 e. The van der Waals surface area contributed by atoms with Crippen LogP contribution in [0.3, 0.4) is 0 Å². The smallest absolute Gasteiger partial charge is 0.133 e. The molecule has 0 fully saturated rings. The Morgan fingerprint density at radius 2 is 0.767 bits per heavy atom. The van der Waals surface area contributed by atoms with Crippen LogP contribution in [-0.2, 0) is 4.79 Å². The van der Waals surface area contributed by atoms with Crippen LogP contribution in [0.25, 0.3) is 0 Å². The molecular formula is C29H56O. The normalized spacial score (nSPS) is 11.5. The first-order chi connectivity index (χ1) is 14.8. The first-order valence-electron chi connectivity index (χ1n) is 13.9. The van der Waals surface area contributed by atoms with Gasteiger partial charge in [0.1, 0.15) is 5.78 Å². The van der Waals surface area contributed by atoms with Crippen molar-refractivity contribution in [3.8, 4) is 0 Å². The van der Waals surface area contributed by atoms with Crippen molar-refractivity contribution in [3.63, 3.8) is 0 Å². The van der Waals surface area contributed by atoms with Gasteiger partial charge < -0.3 is 0 Å². The number of rotatable bonds is 25. The van der Waals surface area contributed by atoms with Crippen molar-refractivity contribution in [2.75, 3.05) is 0 Å². The Balaban J connectivity index is 3.03. The van der Waals surface area contributed by atoms with Gasteiger partial charge in [-0.25, -0.2) is 0 Å². The van der Waals surface area contributed by atoms with Crippen LogP contribution in [0.2, 0.25) is 0 Å². The lowest BCUT2D eigenvalue weighted by Gasteiger charge is -2.04. The molecule has 1 heteroatoms. The van der Waals surface area contributed by atoms with Crippen LogP contribution in [0.5, 0.6) is 0 Å². The topological polar surface area (TPSA) is 17.1 Å². The molecule has 0 radical (unpaired) electrons. The predicted molar refractivity (Wildman–Crippen MR) is 136 cm³/mol. The summed E-state index contributed by atoms with van der Waals surface area (Å²) < 4.78 is 0. The number of hydrogen-bond donors (Lipinski definition) is 0. The third-order valence-corrected chi connectivity index (χ3v) is 6.30. The van der Waals surface area contributed by atoms with E-state index in [9.17, 15) is 4.79 Å². The van der Waals surface area contributed by atoms with Crippen LogP contribution in [0.15, 0.2) is 12.2 Å². The van der Waals surface area contributed by atoms with E-state index in [4.69, 9.17) is 0 Å². The van der Waals surface area contributed by atoms with Crippen molar-refractivity contribution >= 4 is 5.78 Å². The van der Waals surface area contributed by atoms with E-state index in [2.05, 4.69) is 13.0 Å². The second kappa shape index (κ2) is 26.4. The fourth-order valence-corrected chi connectivity index (χ4v) is 4.24. The van der Waals surface area contributed by atoms with Crippen LogP contribution >= 0.6 is 0 Å². The van der Waals surface area contributed by atoms with Crippen molar-refractivity contribution < 1.29 is 4.79 Å². The molecule has 178 valence electrons. The fraction of sp³-hybridized carbons (Fsp3) is 0.897. The highest BCUT2D eigenvalue weighted by Gasteiger charge is 1.95. The molecule has 0 amide bonds. The average molecular weight is 421 g/mol. The molecule has 0 aromatic carbocycles. The van der Waals surface area contributed by atoms with Gasteiger partial charge in [-0.05, 0) is 19.8 Å². The summed E-state index contributed by atoms with van der Waals surface area (Å²) in [5.41, 5.74) is 0. The molecule has 0 aliphatic heterocycles. The minimum absolute atomic E-state index is 0.264. The summed E-state index contributed by atoms with van der Waals surface area (Å²) in [6.07, 6.45) is 37.6. The highest BCUT2D eigenvalue weighted by atomic mass is 16.1. The van der Waals surface area contributed by atoms with Gasteiger partial charge >= 0.3 is 0 Å². The van der Waals surface area contributed by atoms with E-state index >= 15 is 0 Å². The zero-order valence-corrected chi connectivity index (χ0v) is 21.0. The lowest BCUT2D eigenvalue weighted by molar-refractivity contribution is -0.116. The van der Waals surface area contributed by atoms with E-state index < -0.39 is 0 Å². The Morgan fingerprint density at radius 3 is 1.07 bits per heavy atom. The molecule has 0 atom stereocenters. The highest BCUT2D eigenvalue weighted by molar-refractivity contribution is 5.76. The first-order valence-corrected chi connectivity index (χ1v) is 13.9. The van der Waals surface area contributed by atoms with Gasteiger partial charge in [0.05, 0.1) is 0 Å². The summed E-state index contributed by atoms with van der Waals surface area (Å²) in [6, 6.07) is 0. The number of hydrogen-bond acceptors (Lipinski definition) is 1. The van der Waals surface area contributed by atoms with Crippen molar-refractivity contribution in [2.45, 2.75) is 168 Å². The molecule has 0 saturated carbocycles. The maximum atomic E-state index is 10.8. The summed E-state index contributed by atoms with van der Waals surface area (Å²) in [5, 5.41) is 0. The molecule has 0 N–H and O–H groups in total. The Kier molecular flexibility index (Phi) is 25.9. The SMILES string of the molecule is CCCCCCCCCCCCCCCCCCCCCCCC/C=C/CC(C)=O. The molecule has 0 bridgehead atoms. The summed E-state index contributed by atoms with van der Waals surface area (Å²) in [7, 11) is 0. The average Bonchev–Trinajstić information content (AvgIpc) is 2.73. The van der Waals surface area contributed by atoms with Crippen LogP contribution in [-0.4, -0.2) is 5.78 Å². The molecule has 1 nitrogen and oxygen atoms in total. The lowest BCUT2D eigenvalue weighted by atomic mass is 10.0. The number of ketones is 1. The quantitative estimate of drug-likeness (QED) is 0.106. The Hall–Kier alpha value is -0.590. The molecule has 0 heterocycles. The second-order valence-corrected chi connectivity index (χ2v) is 9.59. The van der Waals surface area contributed by atoms with E-state index in [0.717, 1.165) is 6.42 Å². The highest BCUT2D eigenvalue weighted by Crippen LogP contribution is 2.15. The van der Waals surface area contributed by atoms with Crippen LogP contribution in [0.1, 0.15) is 168 Å². The van der Waals surface area contributed by atoms with Crippen molar-refractivity contribution in [2.24, 2.45) is 0 Å². The molecule has 0 aliphatic rings. The zero-order valence-electron chi connectivity index (χ0n) is 21.0. The third kappa shape index (κ3) is 27.4. The molecule has 0 aromatic rings. The van der Waals surface area contributed by atoms with Gasteiger partial charge in [-0.1, -0.05) is 154 Å². The molecule has 0 spiro atoms. The third-order valence-electron chi connectivity index (χ3n) is 6.30. The van der Waals surface area contributed by atoms with Gasteiger partial charge in [-0.3, -0.25) is 4.79 Å². The van der Waals surface area contributed by atoms with E-state index in [1.165, 1.54) is 141 Å². The van der Waals surface area contributed by atoms with Crippen molar-refractivity contribution in [1.29, 1.82) is 0 Å². The van der Waals surface area contributed by atoms with Gasteiger partial charge in [0.15, 0.2) is 0 Å². The minimum Gasteiger partial charge on any atom is -0.300 e. The summed E-state index contributed by atoms with van der Waals surface area (Å²) in [4.78, 5) is 10.8. The van der Waals surface area contributed by atoms with Crippen LogP contribution in [0.4, 0.5) is 0 Å². The summed E-state index contributed by atoms with van der Waals surface area (Å²) >= 11 is 0. The molecule has 30 heavy (non-hydrogen) atoms. The number of allylic oxidation sites excluding steroid dienone is 2. The number of carbonyl (C=O) groups excluding carboxylic acids is 1. The molecule has 0 aliphatic carbocycles. The fourth-order valence-electron chi connectivity index (χ4n) is 4.24. The van der Waals surface area contributed by atoms with Crippen molar-refractivity contribution in [3.05, 3.63) is 12.2 Å².